The van der Waals surface area contributed by atoms with Crippen LogP contribution < -0.4 is 10.1 Å². The smallest absolute Gasteiger partial charge is 0.255 e. The zero-order valence-corrected chi connectivity index (χ0v) is 14.8. The van der Waals surface area contributed by atoms with Crippen LogP contribution in [0.4, 0.5) is 0 Å². The minimum atomic E-state index is -0.618. The van der Waals surface area contributed by atoms with Gasteiger partial charge in [0.25, 0.3) is 5.91 Å². The molecular weight excluding hydrogens is 348 g/mol. The molecule has 2 aliphatic heterocycles. The molecule has 4 rings (SSSR count). The fraction of sp³-hybridized carbons (Fsp3) is 0.316. The molecule has 1 saturated heterocycles. The van der Waals surface area contributed by atoms with Crippen molar-refractivity contribution >= 4 is 17.7 Å². The van der Waals surface area contributed by atoms with Gasteiger partial charge in [0.05, 0.1) is 24.7 Å². The van der Waals surface area contributed by atoms with Crippen molar-refractivity contribution in [3.63, 3.8) is 0 Å². The van der Waals surface area contributed by atoms with Gasteiger partial charge in [-0.25, -0.2) is 4.98 Å². The first-order valence-corrected chi connectivity index (χ1v) is 8.79. The van der Waals surface area contributed by atoms with Crippen molar-refractivity contribution in [2.75, 3.05) is 6.61 Å². The summed E-state index contributed by atoms with van der Waals surface area (Å²) in [7, 11) is 0. The van der Waals surface area contributed by atoms with Gasteiger partial charge in [0.1, 0.15) is 6.04 Å². The molecule has 138 valence electrons. The normalized spacial score (nSPS) is 19.1. The van der Waals surface area contributed by atoms with Crippen LogP contribution in [-0.4, -0.2) is 45.2 Å². The number of carbonyl (C=O) groups excluding carboxylic acids is 3. The Labute approximate surface area is 155 Å². The Hall–Kier alpha value is -3.29. The summed E-state index contributed by atoms with van der Waals surface area (Å²) in [5, 5.41) is 2.31. The van der Waals surface area contributed by atoms with E-state index in [1.54, 1.807) is 18.5 Å². The second-order valence-electron chi connectivity index (χ2n) is 6.45. The highest BCUT2D eigenvalue weighted by atomic mass is 16.5. The zero-order chi connectivity index (χ0) is 19.0. The van der Waals surface area contributed by atoms with E-state index < -0.39 is 11.9 Å². The number of hydrogen-bond acceptors (Lipinski definition) is 6. The Morgan fingerprint density at radius 3 is 2.89 bits per heavy atom. The summed E-state index contributed by atoms with van der Waals surface area (Å²) < 4.78 is 5.39. The van der Waals surface area contributed by atoms with E-state index >= 15 is 0 Å². The largest absolute Gasteiger partial charge is 0.477 e. The predicted octanol–water partition coefficient (Wildman–Crippen LogP) is 1.30. The molecule has 8 heteroatoms. The molecule has 27 heavy (non-hydrogen) atoms. The number of rotatable bonds is 4. The Morgan fingerprint density at radius 2 is 2.11 bits per heavy atom. The molecule has 0 radical (unpaired) electrons. The number of amides is 3. The maximum Gasteiger partial charge on any atom is 0.255 e. The van der Waals surface area contributed by atoms with Gasteiger partial charge in [-0.15, -0.1) is 0 Å². The molecule has 3 heterocycles. The molecule has 1 unspecified atom stereocenters. The van der Waals surface area contributed by atoms with Crippen molar-refractivity contribution in [3.8, 4) is 17.1 Å². The van der Waals surface area contributed by atoms with Gasteiger partial charge in [-0.1, -0.05) is 6.07 Å². The lowest BCUT2D eigenvalue weighted by atomic mass is 10.0. The van der Waals surface area contributed by atoms with Crippen molar-refractivity contribution < 1.29 is 19.1 Å². The average Bonchev–Trinajstić information content (AvgIpc) is 2.98. The molecule has 3 amide bonds. The van der Waals surface area contributed by atoms with Gasteiger partial charge in [0.15, 0.2) is 0 Å². The topological polar surface area (TPSA) is 101 Å². The fourth-order valence-electron chi connectivity index (χ4n) is 3.44. The molecule has 0 saturated carbocycles. The number of benzene rings is 1. The van der Waals surface area contributed by atoms with E-state index in [4.69, 9.17) is 4.74 Å². The summed E-state index contributed by atoms with van der Waals surface area (Å²) in [5.74, 6) is -0.463. The molecular formula is C19H18N4O4. The minimum Gasteiger partial charge on any atom is -0.477 e. The lowest BCUT2D eigenvalue weighted by Crippen LogP contribution is -2.52. The summed E-state index contributed by atoms with van der Waals surface area (Å²) in [6, 6.07) is 4.82. The van der Waals surface area contributed by atoms with Gasteiger partial charge in [0.2, 0.25) is 17.7 Å². The first kappa shape index (κ1) is 17.1. The molecule has 0 spiro atoms. The van der Waals surface area contributed by atoms with Crippen LogP contribution in [0.2, 0.25) is 0 Å². The van der Waals surface area contributed by atoms with Gasteiger partial charge in [-0.05, 0) is 31.0 Å². The summed E-state index contributed by atoms with van der Waals surface area (Å²) >= 11 is 0. The van der Waals surface area contributed by atoms with E-state index in [0.29, 0.717) is 36.7 Å². The van der Waals surface area contributed by atoms with Crippen molar-refractivity contribution in [2.45, 2.75) is 32.4 Å². The van der Waals surface area contributed by atoms with Crippen molar-refractivity contribution in [3.05, 3.63) is 41.7 Å². The van der Waals surface area contributed by atoms with Crippen LogP contribution in [0, 0.1) is 0 Å². The molecule has 1 atom stereocenters. The van der Waals surface area contributed by atoms with E-state index in [1.165, 1.54) is 4.90 Å². The maximum atomic E-state index is 12.7. The van der Waals surface area contributed by atoms with Gasteiger partial charge < -0.3 is 9.64 Å². The van der Waals surface area contributed by atoms with E-state index in [9.17, 15) is 14.4 Å². The lowest BCUT2D eigenvalue weighted by molar-refractivity contribution is -0.136. The number of fused-ring (bicyclic) bond motifs is 1. The third-order valence-corrected chi connectivity index (χ3v) is 4.72. The molecule has 1 fully saturated rings. The number of nitrogens with zero attached hydrogens (tertiary/aromatic N) is 3. The molecule has 1 N–H and O–H groups in total. The number of piperidine rings is 1. The monoisotopic (exact) mass is 366 g/mol. The number of hydrogen-bond donors (Lipinski definition) is 1. The first-order chi connectivity index (χ1) is 13.1. The van der Waals surface area contributed by atoms with Gasteiger partial charge in [-0.2, -0.15) is 0 Å². The van der Waals surface area contributed by atoms with Gasteiger partial charge in [0, 0.05) is 24.1 Å². The average molecular weight is 366 g/mol. The van der Waals surface area contributed by atoms with Crippen LogP contribution in [0.15, 0.2) is 30.6 Å². The van der Waals surface area contributed by atoms with Crippen molar-refractivity contribution in [1.82, 2.24) is 20.2 Å². The number of carbonyl (C=O) groups is 3. The molecule has 2 aromatic rings. The van der Waals surface area contributed by atoms with Gasteiger partial charge in [-0.3, -0.25) is 24.7 Å². The SMILES string of the molecule is CCOc1cncc(-c2ccc3c(c2)CN(C2CCC(=O)NC2=O)C3=O)n1. The second kappa shape index (κ2) is 6.79. The van der Waals surface area contributed by atoms with Crippen LogP contribution in [-0.2, 0) is 16.1 Å². The van der Waals surface area contributed by atoms with Crippen molar-refractivity contribution in [2.24, 2.45) is 0 Å². The van der Waals surface area contributed by atoms with Crippen LogP contribution in [0.1, 0.15) is 35.7 Å². The van der Waals surface area contributed by atoms with Crippen LogP contribution in [0.25, 0.3) is 11.3 Å². The Kier molecular flexibility index (Phi) is 4.31. The molecule has 0 aliphatic carbocycles. The highest BCUT2D eigenvalue weighted by Crippen LogP contribution is 2.30. The highest BCUT2D eigenvalue weighted by molar-refractivity contribution is 6.05. The van der Waals surface area contributed by atoms with Crippen LogP contribution >= 0.6 is 0 Å². The summed E-state index contributed by atoms with van der Waals surface area (Å²) in [4.78, 5) is 46.3. The molecule has 2 aliphatic rings. The highest BCUT2D eigenvalue weighted by Gasteiger charge is 2.39. The number of ether oxygens (including phenoxy) is 1. The third kappa shape index (κ3) is 3.14. The van der Waals surface area contributed by atoms with Crippen molar-refractivity contribution in [1.29, 1.82) is 0 Å². The maximum absolute atomic E-state index is 12.7. The van der Waals surface area contributed by atoms with E-state index in [1.807, 2.05) is 19.1 Å². The zero-order valence-electron chi connectivity index (χ0n) is 14.8. The fourth-order valence-corrected chi connectivity index (χ4v) is 3.44. The molecule has 8 nitrogen and oxygen atoms in total. The third-order valence-electron chi connectivity index (χ3n) is 4.72. The first-order valence-electron chi connectivity index (χ1n) is 8.79. The standard InChI is InChI=1S/C19H18N4O4/c1-2-27-17-9-20-8-14(21-17)11-3-4-13-12(7-11)10-23(19(13)26)15-5-6-16(24)22-18(15)25/h3-4,7-9,15H,2,5-6,10H2,1H3,(H,22,24,25). The predicted molar refractivity (Wildman–Crippen MR) is 94.7 cm³/mol. The Balaban J connectivity index is 1.60. The number of imide groups is 1. The Bertz CT molecular complexity index is 943. The Morgan fingerprint density at radius 1 is 1.26 bits per heavy atom. The lowest BCUT2D eigenvalue weighted by Gasteiger charge is -2.29. The molecule has 0 bridgehead atoms. The quantitative estimate of drug-likeness (QED) is 0.819. The second-order valence-corrected chi connectivity index (χ2v) is 6.45. The summed E-state index contributed by atoms with van der Waals surface area (Å²) in [6.45, 7) is 2.70. The van der Waals surface area contributed by atoms with Crippen LogP contribution in [0.3, 0.4) is 0 Å². The van der Waals surface area contributed by atoms with Gasteiger partial charge >= 0.3 is 0 Å². The number of nitrogens with one attached hydrogen (secondary N) is 1. The van der Waals surface area contributed by atoms with E-state index in [-0.39, 0.29) is 18.2 Å². The van der Waals surface area contributed by atoms with E-state index in [2.05, 4.69) is 15.3 Å². The van der Waals surface area contributed by atoms with Crippen LogP contribution in [0.5, 0.6) is 5.88 Å². The molecule has 1 aromatic heterocycles. The van der Waals surface area contributed by atoms with E-state index in [0.717, 1.165) is 11.1 Å². The number of aromatic nitrogens is 2. The minimum absolute atomic E-state index is 0.194. The summed E-state index contributed by atoms with van der Waals surface area (Å²) in [6.07, 6.45) is 3.77. The molecule has 1 aromatic carbocycles. The summed E-state index contributed by atoms with van der Waals surface area (Å²) in [5.41, 5.74) is 2.86.